The molecule has 0 N–H and O–H groups in total. The first-order valence-electron chi connectivity index (χ1n) is 9.07. The number of sulfone groups is 1. The lowest BCUT2D eigenvalue weighted by Crippen LogP contribution is -2.37. The molecule has 0 aliphatic carbocycles. The van der Waals surface area contributed by atoms with Gasteiger partial charge in [0.2, 0.25) is 0 Å². The minimum absolute atomic E-state index is 0.0893. The van der Waals surface area contributed by atoms with Gasteiger partial charge in [0.1, 0.15) is 5.75 Å². The van der Waals surface area contributed by atoms with Gasteiger partial charge in [-0.2, -0.15) is 4.99 Å². The van der Waals surface area contributed by atoms with Crippen LogP contribution >= 0.6 is 23.4 Å². The number of carbonyl (C=O) groups excluding carboxylic acids is 1. The maximum absolute atomic E-state index is 12.4. The summed E-state index contributed by atoms with van der Waals surface area (Å²) in [6, 6.07) is 16.3. The standard InChI is InChI=1S/C20H19ClN2O4S2/c21-15-6-8-16(9-7-15)27-11-19(24)22-20-23(10-14-4-2-1-3-5-14)17-12-29(25,26)13-18(17)28-20/h1-9,17-18H,10-13H2/t17-,18+/m0/s1. The fraction of sp³-hybridized carbons (Fsp3) is 0.300. The summed E-state index contributed by atoms with van der Waals surface area (Å²) >= 11 is 7.21. The van der Waals surface area contributed by atoms with E-state index in [0.717, 1.165) is 5.56 Å². The zero-order valence-electron chi connectivity index (χ0n) is 15.4. The van der Waals surface area contributed by atoms with E-state index in [9.17, 15) is 13.2 Å². The van der Waals surface area contributed by atoms with Crippen molar-refractivity contribution in [3.05, 3.63) is 65.2 Å². The largest absolute Gasteiger partial charge is 0.484 e. The van der Waals surface area contributed by atoms with Crippen LogP contribution in [-0.4, -0.2) is 53.8 Å². The first-order chi connectivity index (χ1) is 13.9. The van der Waals surface area contributed by atoms with E-state index in [4.69, 9.17) is 16.3 Å². The first-order valence-corrected chi connectivity index (χ1v) is 12.1. The third-order valence-electron chi connectivity index (χ3n) is 4.77. The molecule has 2 aliphatic rings. The number of fused-ring (bicyclic) bond motifs is 1. The number of nitrogens with zero attached hydrogens (tertiary/aromatic N) is 2. The van der Waals surface area contributed by atoms with Crippen LogP contribution in [0.25, 0.3) is 0 Å². The number of amides is 1. The van der Waals surface area contributed by atoms with Crippen molar-refractivity contribution in [2.24, 2.45) is 4.99 Å². The SMILES string of the molecule is O=C(COc1ccc(Cl)cc1)N=C1S[C@@H]2CS(=O)(=O)C[C@@H]2N1Cc1ccccc1. The van der Waals surface area contributed by atoms with Crippen LogP contribution < -0.4 is 4.74 Å². The van der Waals surface area contributed by atoms with Gasteiger partial charge in [-0.25, -0.2) is 8.42 Å². The Morgan fingerprint density at radius 3 is 2.59 bits per heavy atom. The summed E-state index contributed by atoms with van der Waals surface area (Å²) in [5.74, 6) is 0.322. The molecule has 9 heteroatoms. The number of benzene rings is 2. The van der Waals surface area contributed by atoms with Crippen molar-refractivity contribution in [3.8, 4) is 5.75 Å². The van der Waals surface area contributed by atoms with Gasteiger partial charge in [0.15, 0.2) is 21.6 Å². The van der Waals surface area contributed by atoms with Crippen LogP contribution in [0.15, 0.2) is 59.6 Å². The number of rotatable bonds is 5. The molecule has 2 aromatic rings. The number of ether oxygens (including phenoxy) is 1. The van der Waals surface area contributed by atoms with Gasteiger partial charge in [-0.3, -0.25) is 4.79 Å². The lowest BCUT2D eigenvalue weighted by atomic mass is 10.1. The molecule has 0 unspecified atom stereocenters. The van der Waals surface area contributed by atoms with Crippen LogP contribution in [0.4, 0.5) is 0 Å². The average molecular weight is 451 g/mol. The Balaban J connectivity index is 1.49. The highest BCUT2D eigenvalue weighted by Gasteiger charge is 2.48. The summed E-state index contributed by atoms with van der Waals surface area (Å²) in [4.78, 5) is 18.6. The van der Waals surface area contributed by atoms with Gasteiger partial charge in [-0.05, 0) is 29.8 Å². The zero-order valence-corrected chi connectivity index (χ0v) is 17.8. The Hall–Kier alpha value is -2.03. The van der Waals surface area contributed by atoms with Crippen LogP contribution in [0.1, 0.15) is 5.56 Å². The summed E-state index contributed by atoms with van der Waals surface area (Å²) in [7, 11) is -3.07. The summed E-state index contributed by atoms with van der Waals surface area (Å²) in [5.41, 5.74) is 1.04. The van der Waals surface area contributed by atoms with Gasteiger partial charge in [-0.1, -0.05) is 53.7 Å². The molecule has 0 spiro atoms. The first kappa shape index (κ1) is 20.3. The molecule has 2 aromatic carbocycles. The number of thioether (sulfide) groups is 1. The number of carbonyl (C=O) groups is 1. The van der Waals surface area contributed by atoms with Crippen LogP contribution in [0.2, 0.25) is 5.02 Å². The summed E-state index contributed by atoms with van der Waals surface area (Å²) in [6.07, 6.45) is 0. The average Bonchev–Trinajstić information content (AvgIpc) is 3.14. The molecular weight excluding hydrogens is 432 g/mol. The molecule has 2 fully saturated rings. The molecule has 0 saturated carbocycles. The lowest BCUT2D eigenvalue weighted by molar-refractivity contribution is -0.119. The molecule has 2 atom stereocenters. The Morgan fingerprint density at radius 1 is 1.14 bits per heavy atom. The molecule has 2 aliphatic heterocycles. The van der Waals surface area contributed by atoms with E-state index >= 15 is 0 Å². The van der Waals surface area contributed by atoms with Crippen molar-refractivity contribution < 1.29 is 17.9 Å². The third kappa shape index (κ3) is 4.94. The molecule has 2 heterocycles. The maximum Gasteiger partial charge on any atom is 0.285 e. The van der Waals surface area contributed by atoms with Crippen molar-refractivity contribution in [2.45, 2.75) is 17.8 Å². The fourth-order valence-electron chi connectivity index (χ4n) is 3.42. The molecule has 0 bridgehead atoms. The molecule has 1 amide bonds. The zero-order chi connectivity index (χ0) is 20.4. The number of hydrogen-bond donors (Lipinski definition) is 0. The van der Waals surface area contributed by atoms with Crippen LogP contribution in [-0.2, 0) is 21.2 Å². The minimum Gasteiger partial charge on any atom is -0.484 e. The summed E-state index contributed by atoms with van der Waals surface area (Å²) < 4.78 is 29.6. The Morgan fingerprint density at radius 2 is 1.86 bits per heavy atom. The predicted molar refractivity (Wildman–Crippen MR) is 115 cm³/mol. The second-order valence-electron chi connectivity index (χ2n) is 6.94. The maximum atomic E-state index is 12.4. The monoisotopic (exact) mass is 450 g/mol. The smallest absolute Gasteiger partial charge is 0.285 e. The van der Waals surface area contributed by atoms with Gasteiger partial charge < -0.3 is 9.64 Å². The summed E-state index contributed by atoms with van der Waals surface area (Å²) in [6.45, 7) is 0.313. The highest BCUT2D eigenvalue weighted by atomic mass is 35.5. The van der Waals surface area contributed by atoms with E-state index in [1.807, 2.05) is 35.2 Å². The van der Waals surface area contributed by atoms with Crippen molar-refractivity contribution in [1.82, 2.24) is 4.90 Å². The molecular formula is C20H19ClN2O4S2. The minimum atomic E-state index is -3.07. The van der Waals surface area contributed by atoms with Gasteiger partial charge in [-0.15, -0.1) is 0 Å². The number of amidine groups is 1. The van der Waals surface area contributed by atoms with Crippen LogP contribution in [0.5, 0.6) is 5.75 Å². The molecule has 0 aromatic heterocycles. The topological polar surface area (TPSA) is 76.0 Å². The highest BCUT2D eigenvalue weighted by Crippen LogP contribution is 2.39. The van der Waals surface area contributed by atoms with Crippen LogP contribution in [0.3, 0.4) is 0 Å². The Bertz CT molecular complexity index is 1030. The van der Waals surface area contributed by atoms with E-state index in [1.165, 1.54) is 11.8 Å². The second kappa shape index (κ2) is 8.38. The van der Waals surface area contributed by atoms with Crippen molar-refractivity contribution in [2.75, 3.05) is 18.1 Å². The lowest BCUT2D eigenvalue weighted by Gasteiger charge is -2.24. The summed E-state index contributed by atoms with van der Waals surface area (Å²) in [5, 5.41) is 1.04. The molecule has 4 rings (SSSR count). The normalized spacial score (nSPS) is 23.9. The molecule has 152 valence electrons. The van der Waals surface area contributed by atoms with Gasteiger partial charge in [0.05, 0.1) is 17.5 Å². The predicted octanol–water partition coefficient (Wildman–Crippen LogP) is 3.02. The molecule has 29 heavy (non-hydrogen) atoms. The van der Waals surface area contributed by atoms with Crippen molar-refractivity contribution in [1.29, 1.82) is 0 Å². The van der Waals surface area contributed by atoms with Crippen molar-refractivity contribution in [3.63, 3.8) is 0 Å². The third-order valence-corrected chi connectivity index (χ3v) is 8.27. The van der Waals surface area contributed by atoms with Gasteiger partial charge >= 0.3 is 0 Å². The second-order valence-corrected chi connectivity index (χ2v) is 10.7. The Labute approximate surface area is 178 Å². The van der Waals surface area contributed by atoms with Gasteiger partial charge in [0, 0.05) is 16.8 Å². The molecule has 0 radical (unpaired) electrons. The molecule has 2 saturated heterocycles. The fourth-order valence-corrected chi connectivity index (χ4v) is 7.51. The number of hydrogen-bond acceptors (Lipinski definition) is 5. The molecule has 6 nitrogen and oxygen atoms in total. The van der Waals surface area contributed by atoms with E-state index in [0.29, 0.717) is 22.5 Å². The highest BCUT2D eigenvalue weighted by molar-refractivity contribution is 8.15. The van der Waals surface area contributed by atoms with Crippen LogP contribution in [0, 0.1) is 0 Å². The van der Waals surface area contributed by atoms with E-state index < -0.39 is 15.7 Å². The number of aliphatic imine (C=N–C) groups is 1. The quantitative estimate of drug-likeness (QED) is 0.697. The number of halogens is 1. The van der Waals surface area contributed by atoms with E-state index in [1.54, 1.807) is 24.3 Å². The van der Waals surface area contributed by atoms with E-state index in [2.05, 4.69) is 4.99 Å². The van der Waals surface area contributed by atoms with Gasteiger partial charge in [0.25, 0.3) is 5.91 Å². The Kier molecular flexibility index (Phi) is 5.85. The van der Waals surface area contributed by atoms with Crippen molar-refractivity contribution >= 4 is 44.3 Å². The van der Waals surface area contributed by atoms with E-state index in [-0.39, 0.29) is 29.4 Å².